The lowest BCUT2D eigenvalue weighted by atomic mass is 9.95. The molecule has 1 N–H and O–H groups in total. The summed E-state index contributed by atoms with van der Waals surface area (Å²) in [5, 5.41) is 5.66. The molecule has 0 saturated heterocycles. The number of nitrogens with one attached hydrogen (secondary N) is 1. The molecule has 0 spiro atoms. The summed E-state index contributed by atoms with van der Waals surface area (Å²) in [7, 11) is 0. The number of halogens is 1. The van der Waals surface area contributed by atoms with E-state index in [9.17, 15) is 0 Å². The summed E-state index contributed by atoms with van der Waals surface area (Å²) in [4.78, 5) is 1.46. The zero-order chi connectivity index (χ0) is 13.5. The summed E-state index contributed by atoms with van der Waals surface area (Å²) in [6.45, 7) is 4.29. The van der Waals surface area contributed by atoms with Crippen molar-refractivity contribution in [2.45, 2.75) is 19.8 Å². The highest BCUT2D eigenvalue weighted by molar-refractivity contribution is 9.10. The Balaban J connectivity index is 1.99. The standard InChI is InChI=1S/C16H20BrNS/c1-2-18-11-14(8-13-6-4-3-5-7-13)9-16-10-15(17)12-19-16/h3-7,10,12,14,18H,2,8-9,11H2,1H3. The van der Waals surface area contributed by atoms with Crippen molar-refractivity contribution in [1.82, 2.24) is 5.32 Å². The van der Waals surface area contributed by atoms with Crippen LogP contribution in [-0.2, 0) is 12.8 Å². The van der Waals surface area contributed by atoms with Gasteiger partial charge in [0.1, 0.15) is 0 Å². The van der Waals surface area contributed by atoms with Crippen LogP contribution in [0.3, 0.4) is 0 Å². The molecule has 3 heteroatoms. The van der Waals surface area contributed by atoms with Crippen LogP contribution in [0.5, 0.6) is 0 Å². The molecule has 0 fully saturated rings. The summed E-state index contributed by atoms with van der Waals surface area (Å²) >= 11 is 5.38. The second-order valence-electron chi connectivity index (χ2n) is 4.80. The molecule has 1 nitrogen and oxygen atoms in total. The normalized spacial score (nSPS) is 12.5. The minimum atomic E-state index is 0.660. The summed E-state index contributed by atoms with van der Waals surface area (Å²) in [5.41, 5.74) is 1.43. The van der Waals surface area contributed by atoms with Gasteiger partial charge in [0.2, 0.25) is 0 Å². The van der Waals surface area contributed by atoms with E-state index in [1.165, 1.54) is 14.9 Å². The third kappa shape index (κ3) is 5.09. The molecular weight excluding hydrogens is 318 g/mol. The molecule has 102 valence electrons. The largest absolute Gasteiger partial charge is 0.317 e. The molecule has 1 unspecified atom stereocenters. The van der Waals surface area contributed by atoms with Gasteiger partial charge in [0.25, 0.3) is 0 Å². The highest BCUT2D eigenvalue weighted by Gasteiger charge is 2.11. The average molecular weight is 338 g/mol. The molecule has 1 heterocycles. The molecule has 1 aromatic carbocycles. The highest BCUT2D eigenvalue weighted by atomic mass is 79.9. The molecule has 1 aromatic heterocycles. The number of rotatable bonds is 7. The Hall–Kier alpha value is -0.640. The summed E-state index contributed by atoms with van der Waals surface area (Å²) in [5.74, 6) is 0.660. The summed E-state index contributed by atoms with van der Waals surface area (Å²) < 4.78 is 1.20. The van der Waals surface area contributed by atoms with Gasteiger partial charge < -0.3 is 5.32 Å². The van der Waals surface area contributed by atoms with Crippen molar-refractivity contribution in [2.75, 3.05) is 13.1 Å². The van der Waals surface area contributed by atoms with Gasteiger partial charge in [-0.3, -0.25) is 0 Å². The molecule has 2 aromatic rings. The fourth-order valence-corrected chi connectivity index (χ4v) is 3.82. The second-order valence-corrected chi connectivity index (χ2v) is 6.71. The van der Waals surface area contributed by atoms with E-state index < -0.39 is 0 Å². The van der Waals surface area contributed by atoms with Crippen LogP contribution in [0.2, 0.25) is 0 Å². The molecular formula is C16H20BrNS. The van der Waals surface area contributed by atoms with Gasteiger partial charge in [-0.05, 0) is 59.4 Å². The van der Waals surface area contributed by atoms with Gasteiger partial charge in [0.05, 0.1) is 0 Å². The van der Waals surface area contributed by atoms with Crippen LogP contribution in [-0.4, -0.2) is 13.1 Å². The van der Waals surface area contributed by atoms with E-state index in [2.05, 4.69) is 69.9 Å². The van der Waals surface area contributed by atoms with Crippen LogP contribution in [0.25, 0.3) is 0 Å². The first kappa shape index (κ1) is 14.8. The maximum absolute atomic E-state index is 3.54. The fraction of sp³-hybridized carbons (Fsp3) is 0.375. The molecule has 0 radical (unpaired) electrons. The van der Waals surface area contributed by atoms with Gasteiger partial charge >= 0.3 is 0 Å². The third-order valence-electron chi connectivity index (χ3n) is 3.16. The minimum Gasteiger partial charge on any atom is -0.317 e. The lowest BCUT2D eigenvalue weighted by molar-refractivity contribution is 0.481. The van der Waals surface area contributed by atoms with E-state index in [4.69, 9.17) is 0 Å². The number of benzene rings is 1. The Morgan fingerprint density at radius 1 is 1.21 bits per heavy atom. The van der Waals surface area contributed by atoms with Crippen molar-refractivity contribution < 1.29 is 0 Å². The van der Waals surface area contributed by atoms with Crippen molar-refractivity contribution in [3.05, 3.63) is 56.7 Å². The minimum absolute atomic E-state index is 0.660. The van der Waals surface area contributed by atoms with Crippen LogP contribution in [0, 0.1) is 5.92 Å². The van der Waals surface area contributed by atoms with E-state index in [1.807, 2.05) is 11.3 Å². The molecule has 1 atom stereocenters. The molecule has 0 aliphatic rings. The first-order chi connectivity index (χ1) is 9.28. The van der Waals surface area contributed by atoms with Crippen LogP contribution in [0.15, 0.2) is 46.3 Å². The van der Waals surface area contributed by atoms with Crippen LogP contribution < -0.4 is 5.32 Å². The molecule has 2 rings (SSSR count). The fourth-order valence-electron chi connectivity index (χ4n) is 2.26. The predicted molar refractivity (Wildman–Crippen MR) is 87.9 cm³/mol. The van der Waals surface area contributed by atoms with Gasteiger partial charge in [-0.2, -0.15) is 0 Å². The van der Waals surface area contributed by atoms with Crippen molar-refractivity contribution in [3.8, 4) is 0 Å². The van der Waals surface area contributed by atoms with E-state index in [0.717, 1.165) is 25.9 Å². The summed E-state index contributed by atoms with van der Waals surface area (Å²) in [6.07, 6.45) is 2.29. The molecule has 0 bridgehead atoms. The van der Waals surface area contributed by atoms with Gasteiger partial charge in [0, 0.05) is 14.7 Å². The Morgan fingerprint density at radius 2 is 2.00 bits per heavy atom. The van der Waals surface area contributed by atoms with Gasteiger partial charge in [0.15, 0.2) is 0 Å². The zero-order valence-corrected chi connectivity index (χ0v) is 13.6. The maximum Gasteiger partial charge on any atom is 0.0285 e. The molecule has 0 saturated carbocycles. The smallest absolute Gasteiger partial charge is 0.0285 e. The monoisotopic (exact) mass is 337 g/mol. The Morgan fingerprint density at radius 3 is 2.63 bits per heavy atom. The van der Waals surface area contributed by atoms with E-state index >= 15 is 0 Å². The zero-order valence-electron chi connectivity index (χ0n) is 11.2. The highest BCUT2D eigenvalue weighted by Crippen LogP contribution is 2.23. The van der Waals surface area contributed by atoms with E-state index in [-0.39, 0.29) is 0 Å². The lowest BCUT2D eigenvalue weighted by Gasteiger charge is -2.16. The second kappa shape index (κ2) is 7.83. The van der Waals surface area contributed by atoms with Crippen molar-refractivity contribution in [1.29, 1.82) is 0 Å². The van der Waals surface area contributed by atoms with Crippen LogP contribution >= 0.6 is 27.3 Å². The molecule has 0 aliphatic heterocycles. The van der Waals surface area contributed by atoms with Crippen LogP contribution in [0.1, 0.15) is 17.4 Å². The number of hydrogen-bond donors (Lipinski definition) is 1. The van der Waals surface area contributed by atoms with Crippen molar-refractivity contribution >= 4 is 27.3 Å². The van der Waals surface area contributed by atoms with Crippen molar-refractivity contribution in [3.63, 3.8) is 0 Å². The topological polar surface area (TPSA) is 12.0 Å². The SMILES string of the molecule is CCNCC(Cc1ccccc1)Cc1cc(Br)cs1. The Labute approximate surface area is 128 Å². The lowest BCUT2D eigenvalue weighted by Crippen LogP contribution is -2.25. The first-order valence-electron chi connectivity index (χ1n) is 6.75. The molecule has 0 aliphatic carbocycles. The van der Waals surface area contributed by atoms with E-state index in [1.54, 1.807) is 0 Å². The van der Waals surface area contributed by atoms with Crippen molar-refractivity contribution in [2.24, 2.45) is 5.92 Å². The molecule has 19 heavy (non-hydrogen) atoms. The number of thiophene rings is 1. The number of hydrogen-bond acceptors (Lipinski definition) is 2. The first-order valence-corrected chi connectivity index (χ1v) is 8.42. The average Bonchev–Trinajstić information content (AvgIpc) is 2.82. The molecule has 0 amide bonds. The van der Waals surface area contributed by atoms with E-state index in [0.29, 0.717) is 5.92 Å². The van der Waals surface area contributed by atoms with Crippen LogP contribution in [0.4, 0.5) is 0 Å². The van der Waals surface area contributed by atoms with Gasteiger partial charge in [-0.15, -0.1) is 11.3 Å². The Kier molecular flexibility index (Phi) is 6.08. The van der Waals surface area contributed by atoms with Gasteiger partial charge in [-0.25, -0.2) is 0 Å². The third-order valence-corrected chi connectivity index (χ3v) is 4.88. The quantitative estimate of drug-likeness (QED) is 0.783. The Bertz CT molecular complexity index is 481. The maximum atomic E-state index is 3.54. The summed E-state index contributed by atoms with van der Waals surface area (Å²) in [6, 6.07) is 13.0. The predicted octanol–water partition coefficient (Wildman–Crippen LogP) is 4.52. The van der Waals surface area contributed by atoms with Gasteiger partial charge in [-0.1, -0.05) is 37.3 Å².